The van der Waals surface area contributed by atoms with E-state index in [-0.39, 0.29) is 17.6 Å². The second kappa shape index (κ2) is 6.84. The Balaban J connectivity index is 2.12. The molecule has 3 nitrogen and oxygen atoms in total. The summed E-state index contributed by atoms with van der Waals surface area (Å²) in [5, 5.41) is 3.23. The van der Waals surface area contributed by atoms with Crippen LogP contribution in [0.4, 0.5) is 5.69 Å². The molecule has 0 spiro atoms. The third-order valence-corrected chi connectivity index (χ3v) is 3.42. The highest BCUT2D eigenvalue weighted by atomic mass is 16.1. The Labute approximate surface area is 125 Å². The molecule has 3 heteroatoms. The summed E-state index contributed by atoms with van der Waals surface area (Å²) in [5.41, 5.74) is 2.22. The molecule has 0 aromatic heterocycles. The zero-order valence-corrected chi connectivity index (χ0v) is 12.3. The maximum Gasteiger partial charge on any atom is 0.184 e. The van der Waals surface area contributed by atoms with Crippen LogP contribution >= 0.6 is 0 Å². The summed E-state index contributed by atoms with van der Waals surface area (Å²) in [4.78, 5) is 23.7. The summed E-state index contributed by atoms with van der Waals surface area (Å²) < 4.78 is 0. The summed E-state index contributed by atoms with van der Waals surface area (Å²) >= 11 is 0. The van der Waals surface area contributed by atoms with E-state index in [0.717, 1.165) is 5.69 Å². The number of benzene rings is 2. The molecule has 0 radical (unpaired) electrons. The number of hydrogen-bond acceptors (Lipinski definition) is 3. The van der Waals surface area contributed by atoms with Gasteiger partial charge in [0.2, 0.25) is 0 Å². The number of nitrogens with one attached hydrogen (secondary N) is 1. The first-order chi connectivity index (χ1) is 10.1. The normalized spacial score (nSPS) is 11.7. The lowest BCUT2D eigenvalue weighted by atomic mass is 10.0. The number of ketones is 2. The van der Waals surface area contributed by atoms with Crippen molar-refractivity contribution in [1.29, 1.82) is 0 Å². The van der Waals surface area contributed by atoms with Gasteiger partial charge in [-0.1, -0.05) is 37.3 Å². The van der Waals surface area contributed by atoms with Crippen LogP contribution in [0, 0.1) is 0 Å². The van der Waals surface area contributed by atoms with Crippen molar-refractivity contribution < 1.29 is 9.59 Å². The molecule has 0 amide bonds. The van der Waals surface area contributed by atoms with Crippen LogP contribution in [-0.2, 0) is 0 Å². The van der Waals surface area contributed by atoms with E-state index in [2.05, 4.69) is 5.32 Å². The summed E-state index contributed by atoms with van der Waals surface area (Å²) in [6, 6.07) is 16.2. The van der Waals surface area contributed by atoms with Gasteiger partial charge in [-0.2, -0.15) is 0 Å². The summed E-state index contributed by atoms with van der Waals surface area (Å²) in [6.07, 6.45) is 0.697. The predicted molar refractivity (Wildman–Crippen MR) is 84.9 cm³/mol. The number of carbonyl (C=O) groups excluding carboxylic acids is 2. The molecule has 2 aromatic rings. The molecule has 0 aliphatic carbocycles. The van der Waals surface area contributed by atoms with Gasteiger partial charge < -0.3 is 5.32 Å². The molecule has 0 heterocycles. The summed E-state index contributed by atoms with van der Waals surface area (Å²) in [6.45, 7) is 3.51. The molecular formula is C18H19NO2. The maximum atomic E-state index is 12.4. The molecule has 1 N–H and O–H groups in total. The third kappa shape index (κ3) is 3.78. The van der Waals surface area contributed by atoms with E-state index in [1.54, 1.807) is 12.1 Å². The fourth-order valence-electron chi connectivity index (χ4n) is 2.16. The molecule has 1 unspecified atom stereocenters. The maximum absolute atomic E-state index is 12.4. The number of hydrogen-bond donors (Lipinski definition) is 1. The van der Waals surface area contributed by atoms with Crippen molar-refractivity contribution >= 4 is 17.3 Å². The monoisotopic (exact) mass is 281 g/mol. The largest absolute Gasteiger partial charge is 0.375 e. The quantitative estimate of drug-likeness (QED) is 0.815. The highest BCUT2D eigenvalue weighted by molar-refractivity contribution is 6.01. The molecule has 0 fully saturated rings. The topological polar surface area (TPSA) is 46.2 Å². The van der Waals surface area contributed by atoms with Gasteiger partial charge in [0.05, 0.1) is 6.04 Å². The number of rotatable bonds is 6. The van der Waals surface area contributed by atoms with Gasteiger partial charge in [0.25, 0.3) is 0 Å². The van der Waals surface area contributed by atoms with Gasteiger partial charge in [-0.15, -0.1) is 0 Å². The highest BCUT2D eigenvalue weighted by Gasteiger charge is 2.17. The average molecular weight is 281 g/mol. The second-order valence-corrected chi connectivity index (χ2v) is 4.97. The number of anilines is 1. The second-order valence-electron chi connectivity index (χ2n) is 4.97. The molecule has 0 saturated carbocycles. The van der Waals surface area contributed by atoms with Crippen molar-refractivity contribution in [1.82, 2.24) is 0 Å². The number of Topliss-reactive ketones (excluding diaryl/α,β-unsaturated/α-hetero) is 2. The van der Waals surface area contributed by atoms with Crippen molar-refractivity contribution in [2.45, 2.75) is 26.3 Å². The van der Waals surface area contributed by atoms with Gasteiger partial charge in [0.1, 0.15) is 0 Å². The summed E-state index contributed by atoms with van der Waals surface area (Å²) in [5.74, 6) is 0.114. The Bertz CT molecular complexity index is 617. The molecule has 1 atom stereocenters. The van der Waals surface area contributed by atoms with Crippen LogP contribution in [-0.4, -0.2) is 17.6 Å². The molecule has 0 bridgehead atoms. The molecule has 0 saturated heterocycles. The molecule has 21 heavy (non-hydrogen) atoms. The van der Waals surface area contributed by atoms with Crippen molar-refractivity contribution in [3.8, 4) is 0 Å². The van der Waals surface area contributed by atoms with Crippen LogP contribution in [0.5, 0.6) is 0 Å². The Morgan fingerprint density at radius 2 is 1.57 bits per heavy atom. The van der Waals surface area contributed by atoms with Crippen molar-refractivity contribution in [2.75, 3.05) is 5.32 Å². The predicted octanol–water partition coefficient (Wildman–Crippen LogP) is 3.96. The van der Waals surface area contributed by atoms with E-state index < -0.39 is 0 Å². The van der Waals surface area contributed by atoms with Crippen molar-refractivity contribution in [3.63, 3.8) is 0 Å². The zero-order chi connectivity index (χ0) is 15.2. The van der Waals surface area contributed by atoms with E-state index in [1.807, 2.05) is 49.4 Å². The molecule has 2 aromatic carbocycles. The van der Waals surface area contributed by atoms with Crippen molar-refractivity contribution in [3.05, 3.63) is 65.7 Å². The SMILES string of the molecule is CCC(Nc1ccc(C(C)=O)cc1)C(=O)c1ccccc1. The lowest BCUT2D eigenvalue weighted by Crippen LogP contribution is -2.28. The van der Waals surface area contributed by atoms with Crippen LogP contribution in [0.3, 0.4) is 0 Å². The first-order valence-electron chi connectivity index (χ1n) is 7.08. The standard InChI is InChI=1S/C18H19NO2/c1-3-17(18(21)15-7-5-4-6-8-15)19-16-11-9-14(10-12-16)13(2)20/h4-12,17,19H,3H2,1-2H3. The van der Waals surface area contributed by atoms with Gasteiger partial charge in [0, 0.05) is 16.8 Å². The van der Waals surface area contributed by atoms with Gasteiger partial charge in [-0.25, -0.2) is 0 Å². The molecular weight excluding hydrogens is 262 g/mol. The van der Waals surface area contributed by atoms with E-state index in [0.29, 0.717) is 17.5 Å². The minimum atomic E-state index is -0.268. The number of carbonyl (C=O) groups is 2. The fraction of sp³-hybridized carbons (Fsp3) is 0.222. The van der Waals surface area contributed by atoms with E-state index in [4.69, 9.17) is 0 Å². The van der Waals surface area contributed by atoms with E-state index in [9.17, 15) is 9.59 Å². The molecule has 0 aliphatic heterocycles. The Kier molecular flexibility index (Phi) is 4.88. The first-order valence-corrected chi connectivity index (χ1v) is 7.08. The molecule has 2 rings (SSSR count). The van der Waals surface area contributed by atoms with Crippen LogP contribution in [0.25, 0.3) is 0 Å². The van der Waals surface area contributed by atoms with E-state index >= 15 is 0 Å². The van der Waals surface area contributed by atoms with Gasteiger partial charge in [0.15, 0.2) is 11.6 Å². The van der Waals surface area contributed by atoms with Crippen molar-refractivity contribution in [2.24, 2.45) is 0 Å². The Morgan fingerprint density at radius 3 is 2.10 bits per heavy atom. The first kappa shape index (κ1) is 15.0. The molecule has 108 valence electrons. The smallest absolute Gasteiger partial charge is 0.184 e. The van der Waals surface area contributed by atoms with Crippen LogP contribution in [0.15, 0.2) is 54.6 Å². The lowest BCUT2D eigenvalue weighted by Gasteiger charge is -2.17. The van der Waals surface area contributed by atoms with Crippen LogP contribution in [0.1, 0.15) is 41.0 Å². The summed E-state index contributed by atoms with van der Waals surface area (Å²) in [7, 11) is 0. The van der Waals surface area contributed by atoms with E-state index in [1.165, 1.54) is 6.92 Å². The van der Waals surface area contributed by atoms with Crippen LogP contribution < -0.4 is 5.32 Å². The van der Waals surface area contributed by atoms with Crippen LogP contribution in [0.2, 0.25) is 0 Å². The minimum Gasteiger partial charge on any atom is -0.375 e. The fourth-order valence-corrected chi connectivity index (χ4v) is 2.16. The lowest BCUT2D eigenvalue weighted by molar-refractivity contribution is 0.0966. The van der Waals surface area contributed by atoms with Gasteiger partial charge in [-0.3, -0.25) is 9.59 Å². The van der Waals surface area contributed by atoms with Gasteiger partial charge in [-0.05, 0) is 37.6 Å². The zero-order valence-electron chi connectivity index (χ0n) is 12.3. The van der Waals surface area contributed by atoms with Gasteiger partial charge >= 0.3 is 0 Å². The average Bonchev–Trinajstić information content (AvgIpc) is 2.53. The minimum absolute atomic E-state index is 0.0361. The molecule has 0 aliphatic rings. The third-order valence-electron chi connectivity index (χ3n) is 3.42. The highest BCUT2D eigenvalue weighted by Crippen LogP contribution is 2.15. The Morgan fingerprint density at radius 1 is 0.952 bits per heavy atom. The Hall–Kier alpha value is -2.42.